The fraction of sp³-hybridized carbons (Fsp3) is 0.294. The highest BCUT2D eigenvalue weighted by Gasteiger charge is 2.20. The lowest BCUT2D eigenvalue weighted by Gasteiger charge is -2.25. The van der Waals surface area contributed by atoms with E-state index >= 15 is 0 Å². The second-order valence-corrected chi connectivity index (χ2v) is 5.71. The minimum absolute atomic E-state index is 0.164. The third-order valence-corrected chi connectivity index (χ3v) is 3.99. The third-order valence-electron chi connectivity index (χ3n) is 3.99. The molecule has 3 aromatic heterocycles. The van der Waals surface area contributed by atoms with Crippen LogP contribution in [0.4, 0.5) is 0 Å². The van der Waals surface area contributed by atoms with Gasteiger partial charge in [0.2, 0.25) is 0 Å². The lowest BCUT2D eigenvalue weighted by molar-refractivity contribution is -0.144. The van der Waals surface area contributed by atoms with Crippen molar-refractivity contribution in [3.8, 4) is 0 Å². The number of aromatic nitrogens is 4. The Morgan fingerprint density at radius 1 is 1.21 bits per heavy atom. The summed E-state index contributed by atoms with van der Waals surface area (Å²) in [5.41, 5.74) is 2.85. The molecule has 0 bridgehead atoms. The molecule has 0 saturated carbocycles. The van der Waals surface area contributed by atoms with Crippen molar-refractivity contribution in [3.05, 3.63) is 54.2 Å². The van der Waals surface area contributed by atoms with E-state index in [1.807, 2.05) is 22.8 Å². The summed E-state index contributed by atoms with van der Waals surface area (Å²) < 4.78 is 1.92. The van der Waals surface area contributed by atoms with E-state index in [0.29, 0.717) is 30.8 Å². The number of amides is 1. The second-order valence-electron chi connectivity index (χ2n) is 5.71. The highest BCUT2D eigenvalue weighted by atomic mass is 16.7. The van der Waals surface area contributed by atoms with Crippen LogP contribution in [0, 0.1) is 0 Å². The number of pyridine rings is 2. The number of hydrogen-bond donors (Lipinski definition) is 0. The van der Waals surface area contributed by atoms with Crippen LogP contribution < -0.4 is 0 Å². The molecule has 0 radical (unpaired) electrons. The molecule has 1 fully saturated rings. The van der Waals surface area contributed by atoms with Crippen LogP contribution in [-0.2, 0) is 11.4 Å². The van der Waals surface area contributed by atoms with Crippen molar-refractivity contribution in [3.63, 3.8) is 0 Å². The molecule has 24 heavy (non-hydrogen) atoms. The van der Waals surface area contributed by atoms with Gasteiger partial charge in [-0.05, 0) is 31.0 Å². The Morgan fingerprint density at radius 2 is 2.17 bits per heavy atom. The van der Waals surface area contributed by atoms with Crippen molar-refractivity contribution in [2.75, 3.05) is 13.2 Å². The molecule has 1 aliphatic heterocycles. The molecule has 1 amide bonds. The SMILES string of the molecule is O=C(c1cnc2c(c1)ncn2Cc1ccccn1)N1CCCCO1. The molecule has 0 atom stereocenters. The van der Waals surface area contributed by atoms with Gasteiger partial charge in [0.15, 0.2) is 5.65 Å². The van der Waals surface area contributed by atoms with Gasteiger partial charge in [-0.2, -0.15) is 0 Å². The average molecular weight is 323 g/mol. The number of nitrogens with zero attached hydrogens (tertiary/aromatic N) is 5. The van der Waals surface area contributed by atoms with Crippen LogP contribution in [0.15, 0.2) is 43.0 Å². The number of rotatable bonds is 3. The Balaban J connectivity index is 1.59. The molecule has 0 aromatic carbocycles. The van der Waals surface area contributed by atoms with Crippen molar-refractivity contribution >= 4 is 17.1 Å². The Labute approximate surface area is 138 Å². The van der Waals surface area contributed by atoms with Crippen LogP contribution in [0.2, 0.25) is 0 Å². The quantitative estimate of drug-likeness (QED) is 0.737. The maximum absolute atomic E-state index is 12.5. The zero-order chi connectivity index (χ0) is 16.4. The van der Waals surface area contributed by atoms with Crippen LogP contribution in [0.25, 0.3) is 11.2 Å². The minimum atomic E-state index is -0.164. The molecule has 7 heteroatoms. The van der Waals surface area contributed by atoms with Crippen LogP contribution in [0.3, 0.4) is 0 Å². The first kappa shape index (κ1) is 14.8. The molecule has 4 heterocycles. The van der Waals surface area contributed by atoms with E-state index in [4.69, 9.17) is 4.84 Å². The van der Waals surface area contributed by atoms with Gasteiger partial charge >= 0.3 is 0 Å². The Kier molecular flexibility index (Phi) is 3.92. The Bertz CT molecular complexity index is 856. The largest absolute Gasteiger partial charge is 0.309 e. The van der Waals surface area contributed by atoms with Gasteiger partial charge in [0, 0.05) is 18.9 Å². The first-order valence-electron chi connectivity index (χ1n) is 7.97. The van der Waals surface area contributed by atoms with Gasteiger partial charge in [-0.1, -0.05) is 6.07 Å². The monoisotopic (exact) mass is 323 g/mol. The number of hydrogen-bond acceptors (Lipinski definition) is 5. The zero-order valence-corrected chi connectivity index (χ0v) is 13.1. The Morgan fingerprint density at radius 3 is 2.96 bits per heavy atom. The highest BCUT2D eigenvalue weighted by molar-refractivity contribution is 5.95. The van der Waals surface area contributed by atoms with E-state index in [9.17, 15) is 4.79 Å². The molecule has 0 unspecified atom stereocenters. The van der Waals surface area contributed by atoms with Crippen molar-refractivity contribution < 1.29 is 9.63 Å². The summed E-state index contributed by atoms with van der Waals surface area (Å²) in [5, 5.41) is 1.41. The van der Waals surface area contributed by atoms with Crippen molar-refractivity contribution in [1.82, 2.24) is 24.6 Å². The summed E-state index contributed by atoms with van der Waals surface area (Å²) in [5.74, 6) is -0.164. The van der Waals surface area contributed by atoms with Crippen LogP contribution >= 0.6 is 0 Å². The molecular formula is C17H17N5O2. The fourth-order valence-corrected chi connectivity index (χ4v) is 2.75. The Hall–Kier alpha value is -2.80. The van der Waals surface area contributed by atoms with Gasteiger partial charge in [0.1, 0.15) is 5.52 Å². The third kappa shape index (κ3) is 2.85. The van der Waals surface area contributed by atoms with E-state index in [1.54, 1.807) is 24.8 Å². The van der Waals surface area contributed by atoms with E-state index in [0.717, 1.165) is 24.2 Å². The number of carbonyl (C=O) groups excluding carboxylic acids is 1. The second kappa shape index (κ2) is 6.37. The lowest BCUT2D eigenvalue weighted by Crippen LogP contribution is -2.35. The predicted octanol–water partition coefficient (Wildman–Crippen LogP) is 2.04. The summed E-state index contributed by atoms with van der Waals surface area (Å²) in [6.07, 6.45) is 7.01. The number of hydroxylamine groups is 2. The molecule has 3 aromatic rings. The molecule has 0 spiro atoms. The summed E-state index contributed by atoms with van der Waals surface area (Å²) in [6, 6.07) is 7.55. The van der Waals surface area contributed by atoms with E-state index in [2.05, 4.69) is 15.0 Å². The molecule has 0 N–H and O–H groups in total. The van der Waals surface area contributed by atoms with E-state index in [1.165, 1.54) is 5.06 Å². The zero-order valence-electron chi connectivity index (χ0n) is 13.1. The van der Waals surface area contributed by atoms with Gasteiger partial charge < -0.3 is 4.57 Å². The normalized spacial score (nSPS) is 14.9. The first-order valence-corrected chi connectivity index (χ1v) is 7.97. The molecule has 1 saturated heterocycles. The molecule has 7 nitrogen and oxygen atoms in total. The van der Waals surface area contributed by atoms with Crippen LogP contribution in [-0.4, -0.2) is 43.6 Å². The summed E-state index contributed by atoms with van der Waals surface area (Å²) in [4.78, 5) is 31.0. The number of fused-ring (bicyclic) bond motifs is 1. The van der Waals surface area contributed by atoms with Crippen LogP contribution in [0.1, 0.15) is 28.9 Å². The number of carbonyl (C=O) groups is 1. The van der Waals surface area contributed by atoms with Crippen molar-refractivity contribution in [1.29, 1.82) is 0 Å². The summed E-state index contributed by atoms with van der Waals surface area (Å²) >= 11 is 0. The van der Waals surface area contributed by atoms with Gasteiger partial charge in [-0.25, -0.2) is 15.0 Å². The number of imidazole rings is 1. The van der Waals surface area contributed by atoms with E-state index in [-0.39, 0.29) is 5.91 Å². The summed E-state index contributed by atoms with van der Waals surface area (Å²) in [6.45, 7) is 1.79. The molecule has 122 valence electrons. The first-order chi connectivity index (χ1) is 11.8. The standard InChI is InChI=1S/C17H17N5O2/c23-17(22-7-3-4-8-24-22)13-9-15-16(19-10-13)21(12-20-15)11-14-5-1-2-6-18-14/h1-2,5-6,9-10,12H,3-4,7-8,11H2. The van der Waals surface area contributed by atoms with Gasteiger partial charge in [0.05, 0.1) is 30.7 Å². The highest BCUT2D eigenvalue weighted by Crippen LogP contribution is 2.16. The van der Waals surface area contributed by atoms with Gasteiger partial charge in [0.25, 0.3) is 5.91 Å². The maximum atomic E-state index is 12.5. The fourth-order valence-electron chi connectivity index (χ4n) is 2.75. The molecule has 1 aliphatic rings. The van der Waals surface area contributed by atoms with E-state index < -0.39 is 0 Å². The van der Waals surface area contributed by atoms with Crippen molar-refractivity contribution in [2.45, 2.75) is 19.4 Å². The van der Waals surface area contributed by atoms with Crippen molar-refractivity contribution in [2.24, 2.45) is 0 Å². The predicted molar refractivity (Wildman–Crippen MR) is 87.1 cm³/mol. The lowest BCUT2D eigenvalue weighted by atomic mass is 10.2. The molecule has 0 aliphatic carbocycles. The van der Waals surface area contributed by atoms with Crippen LogP contribution in [0.5, 0.6) is 0 Å². The molecular weight excluding hydrogens is 306 g/mol. The van der Waals surface area contributed by atoms with Gasteiger partial charge in [-0.15, -0.1) is 0 Å². The topological polar surface area (TPSA) is 73.1 Å². The minimum Gasteiger partial charge on any atom is -0.309 e. The van der Waals surface area contributed by atoms with Gasteiger partial charge in [-0.3, -0.25) is 14.6 Å². The maximum Gasteiger partial charge on any atom is 0.279 e. The smallest absolute Gasteiger partial charge is 0.279 e. The molecule has 4 rings (SSSR count). The average Bonchev–Trinajstić information content (AvgIpc) is 3.05. The summed E-state index contributed by atoms with van der Waals surface area (Å²) in [7, 11) is 0.